The van der Waals surface area contributed by atoms with E-state index in [4.69, 9.17) is 4.74 Å². The second-order valence-corrected chi connectivity index (χ2v) is 6.69. The van der Waals surface area contributed by atoms with E-state index >= 15 is 0 Å². The van der Waals surface area contributed by atoms with Crippen LogP contribution in [0.1, 0.15) is 31.0 Å². The Kier molecular flexibility index (Phi) is 3.85. The summed E-state index contributed by atoms with van der Waals surface area (Å²) in [5.74, 6) is 0.857. The van der Waals surface area contributed by atoms with Crippen LogP contribution in [0.15, 0.2) is 35.4 Å². The van der Waals surface area contributed by atoms with Crippen molar-refractivity contribution < 1.29 is 13.2 Å². The molecule has 0 atom stereocenters. The van der Waals surface area contributed by atoms with E-state index < -0.39 is 10.0 Å². The van der Waals surface area contributed by atoms with Crippen molar-refractivity contribution in [1.82, 2.24) is 9.19 Å². The molecule has 5 nitrogen and oxygen atoms in total. The van der Waals surface area contributed by atoms with Gasteiger partial charge in [-0.1, -0.05) is 13.8 Å². The van der Waals surface area contributed by atoms with Gasteiger partial charge in [-0.25, -0.2) is 0 Å². The van der Waals surface area contributed by atoms with Crippen molar-refractivity contribution in [3.63, 3.8) is 0 Å². The molecule has 0 radical (unpaired) electrons. The maximum absolute atomic E-state index is 12.5. The molecular formula is C14H18N2O3S. The highest BCUT2D eigenvalue weighted by Gasteiger charge is 2.20. The van der Waals surface area contributed by atoms with E-state index in [0.29, 0.717) is 11.4 Å². The molecule has 0 amide bonds. The fourth-order valence-corrected chi connectivity index (χ4v) is 3.15. The molecule has 1 aromatic carbocycles. The second-order valence-electron chi connectivity index (χ2n) is 4.89. The summed E-state index contributed by atoms with van der Waals surface area (Å²) < 4.78 is 31.2. The highest BCUT2D eigenvalue weighted by molar-refractivity contribution is 7.89. The van der Waals surface area contributed by atoms with E-state index in [-0.39, 0.29) is 10.8 Å². The van der Waals surface area contributed by atoms with Crippen LogP contribution in [-0.4, -0.2) is 24.7 Å². The third-order valence-electron chi connectivity index (χ3n) is 3.07. The largest absolute Gasteiger partial charge is 0.496 e. The van der Waals surface area contributed by atoms with Gasteiger partial charge >= 0.3 is 0 Å². The van der Waals surface area contributed by atoms with Crippen LogP contribution in [0.2, 0.25) is 0 Å². The monoisotopic (exact) mass is 294 g/mol. The summed E-state index contributed by atoms with van der Waals surface area (Å²) in [6.45, 7) is 5.73. The lowest BCUT2D eigenvalue weighted by molar-refractivity contribution is 0.407. The van der Waals surface area contributed by atoms with Gasteiger partial charge < -0.3 is 4.74 Å². The van der Waals surface area contributed by atoms with Gasteiger partial charge in [0.2, 0.25) is 0 Å². The predicted octanol–water partition coefficient (Wildman–Crippen LogP) is 2.56. The Morgan fingerprint density at radius 1 is 1.25 bits per heavy atom. The third kappa shape index (κ3) is 2.56. The number of ether oxygens (including phenoxy) is 1. The first-order valence-electron chi connectivity index (χ1n) is 6.32. The Labute approximate surface area is 119 Å². The fraction of sp³-hybridized carbons (Fsp3) is 0.357. The van der Waals surface area contributed by atoms with Gasteiger partial charge in [0.25, 0.3) is 10.0 Å². The zero-order chi connectivity index (χ0) is 14.9. The first-order valence-corrected chi connectivity index (χ1v) is 7.76. The molecule has 0 N–H and O–H groups in total. The number of benzene rings is 1. The molecule has 0 aliphatic carbocycles. The van der Waals surface area contributed by atoms with Crippen LogP contribution in [0.5, 0.6) is 5.75 Å². The summed E-state index contributed by atoms with van der Waals surface area (Å²) in [5, 5.41) is 3.97. The Morgan fingerprint density at radius 2 is 1.95 bits per heavy atom. The average molecular weight is 294 g/mol. The van der Waals surface area contributed by atoms with Crippen LogP contribution in [0.25, 0.3) is 0 Å². The van der Waals surface area contributed by atoms with Gasteiger partial charge in [0.15, 0.2) is 0 Å². The van der Waals surface area contributed by atoms with Crippen molar-refractivity contribution >= 4 is 10.0 Å². The minimum absolute atomic E-state index is 0.166. The Bertz CT molecular complexity index is 718. The van der Waals surface area contributed by atoms with Crippen LogP contribution in [0, 0.1) is 6.92 Å². The molecule has 0 saturated heterocycles. The first kappa shape index (κ1) is 14.6. The van der Waals surface area contributed by atoms with E-state index in [1.807, 2.05) is 13.8 Å². The molecule has 6 heteroatoms. The van der Waals surface area contributed by atoms with Crippen molar-refractivity contribution in [2.24, 2.45) is 0 Å². The standard InChI is InChI=1S/C14H18N2O3S/c1-10(2)13-9-12(5-6-14(13)19-4)20(17,18)16-8-7-11(3)15-16/h5-10H,1-4H3. The number of nitrogens with zero attached hydrogens (tertiary/aromatic N) is 2. The van der Waals surface area contributed by atoms with Gasteiger partial charge in [-0.15, -0.1) is 0 Å². The Balaban J connectivity index is 2.55. The van der Waals surface area contributed by atoms with Crippen LogP contribution in [-0.2, 0) is 10.0 Å². The van der Waals surface area contributed by atoms with Crippen molar-refractivity contribution in [2.45, 2.75) is 31.6 Å². The van der Waals surface area contributed by atoms with Gasteiger partial charge in [-0.05, 0) is 42.7 Å². The molecule has 0 spiro atoms. The Hall–Kier alpha value is -1.82. The van der Waals surface area contributed by atoms with E-state index in [1.54, 1.807) is 32.2 Å². The molecule has 2 rings (SSSR count). The molecule has 0 unspecified atom stereocenters. The number of aromatic nitrogens is 2. The molecule has 0 aliphatic heterocycles. The van der Waals surface area contributed by atoms with Crippen LogP contribution >= 0.6 is 0 Å². The quantitative estimate of drug-likeness (QED) is 0.869. The van der Waals surface area contributed by atoms with Crippen molar-refractivity contribution in [3.8, 4) is 5.75 Å². The number of aryl methyl sites for hydroxylation is 1. The summed E-state index contributed by atoms with van der Waals surface area (Å²) in [5.41, 5.74) is 1.52. The number of methoxy groups -OCH3 is 1. The van der Waals surface area contributed by atoms with Crippen molar-refractivity contribution in [1.29, 1.82) is 0 Å². The molecule has 0 fully saturated rings. The third-order valence-corrected chi connectivity index (χ3v) is 4.61. The van der Waals surface area contributed by atoms with Crippen molar-refractivity contribution in [2.75, 3.05) is 7.11 Å². The number of rotatable bonds is 4. The summed E-state index contributed by atoms with van der Waals surface area (Å²) in [6.07, 6.45) is 1.45. The summed E-state index contributed by atoms with van der Waals surface area (Å²) >= 11 is 0. The molecule has 0 saturated carbocycles. The van der Waals surface area contributed by atoms with Crippen LogP contribution < -0.4 is 4.74 Å². The van der Waals surface area contributed by atoms with E-state index in [9.17, 15) is 8.42 Å². The second kappa shape index (κ2) is 5.28. The van der Waals surface area contributed by atoms with Crippen LogP contribution in [0.3, 0.4) is 0 Å². The maximum atomic E-state index is 12.5. The lowest BCUT2D eigenvalue weighted by atomic mass is 10.0. The summed E-state index contributed by atoms with van der Waals surface area (Å²) in [4.78, 5) is 0.213. The Morgan fingerprint density at radius 3 is 2.45 bits per heavy atom. The molecular weight excluding hydrogens is 276 g/mol. The van der Waals surface area contributed by atoms with Gasteiger partial charge in [-0.3, -0.25) is 0 Å². The summed E-state index contributed by atoms with van der Waals surface area (Å²) in [7, 11) is -2.07. The zero-order valence-corrected chi connectivity index (χ0v) is 12.8. The topological polar surface area (TPSA) is 61.2 Å². The number of hydrogen-bond acceptors (Lipinski definition) is 4. The SMILES string of the molecule is COc1ccc(S(=O)(=O)n2ccc(C)n2)cc1C(C)C. The first-order chi connectivity index (χ1) is 9.36. The zero-order valence-electron chi connectivity index (χ0n) is 12.0. The highest BCUT2D eigenvalue weighted by atomic mass is 32.2. The van der Waals surface area contributed by atoms with Crippen LogP contribution in [0.4, 0.5) is 0 Å². The maximum Gasteiger partial charge on any atom is 0.282 e. The molecule has 1 heterocycles. The number of hydrogen-bond donors (Lipinski definition) is 0. The smallest absolute Gasteiger partial charge is 0.282 e. The minimum Gasteiger partial charge on any atom is -0.496 e. The minimum atomic E-state index is -3.65. The fourth-order valence-electron chi connectivity index (χ4n) is 1.96. The van der Waals surface area contributed by atoms with E-state index in [2.05, 4.69) is 5.10 Å². The molecule has 0 aliphatic rings. The lowest BCUT2D eigenvalue weighted by Crippen LogP contribution is -2.14. The predicted molar refractivity (Wildman–Crippen MR) is 76.6 cm³/mol. The molecule has 1 aromatic heterocycles. The molecule has 20 heavy (non-hydrogen) atoms. The highest BCUT2D eigenvalue weighted by Crippen LogP contribution is 2.29. The van der Waals surface area contributed by atoms with Gasteiger partial charge in [0.05, 0.1) is 17.7 Å². The molecule has 108 valence electrons. The molecule has 0 bridgehead atoms. The van der Waals surface area contributed by atoms with Gasteiger partial charge in [0, 0.05) is 6.20 Å². The van der Waals surface area contributed by atoms with Gasteiger partial charge in [0.1, 0.15) is 5.75 Å². The van der Waals surface area contributed by atoms with Crippen molar-refractivity contribution in [3.05, 3.63) is 41.7 Å². The van der Waals surface area contributed by atoms with E-state index in [1.165, 1.54) is 12.3 Å². The average Bonchev–Trinajstić information content (AvgIpc) is 2.85. The van der Waals surface area contributed by atoms with E-state index in [0.717, 1.165) is 9.65 Å². The van der Waals surface area contributed by atoms with Gasteiger partial charge in [-0.2, -0.15) is 17.6 Å². The molecule has 2 aromatic rings. The summed E-state index contributed by atoms with van der Waals surface area (Å²) in [6, 6.07) is 6.52. The normalized spacial score (nSPS) is 11.8. The lowest BCUT2D eigenvalue weighted by Gasteiger charge is -2.13.